The Morgan fingerprint density at radius 3 is 2.55 bits per heavy atom. The summed E-state index contributed by atoms with van der Waals surface area (Å²) in [7, 11) is 0. The molecule has 0 atom stereocenters. The van der Waals surface area contributed by atoms with Gasteiger partial charge in [0.05, 0.1) is 11.4 Å². The van der Waals surface area contributed by atoms with Crippen molar-refractivity contribution >= 4 is 17.5 Å². The molecule has 8 heteroatoms. The Morgan fingerprint density at radius 2 is 1.77 bits per heavy atom. The third-order valence-corrected chi connectivity index (χ3v) is 5.79. The zero-order valence-electron chi connectivity index (χ0n) is 16.8. The molecule has 0 spiro atoms. The minimum Gasteiger partial charge on any atom is -0.529 e. The van der Waals surface area contributed by atoms with Gasteiger partial charge in [-0.15, -0.1) is 0 Å². The average molecular weight is 418 g/mol. The molecule has 0 fully saturated rings. The number of hydrogen-bond acceptors (Lipinski definition) is 6. The number of halogens is 1. The van der Waals surface area contributed by atoms with E-state index in [0.29, 0.717) is 38.2 Å². The van der Waals surface area contributed by atoms with Crippen LogP contribution in [0, 0.1) is 5.82 Å². The number of rotatable bonds is 4. The van der Waals surface area contributed by atoms with Gasteiger partial charge in [-0.05, 0) is 41.3 Å². The number of carboxylic acid groups (broad SMARTS) is 1. The fourth-order valence-electron chi connectivity index (χ4n) is 4.29. The van der Waals surface area contributed by atoms with Gasteiger partial charge in [0.1, 0.15) is 0 Å². The van der Waals surface area contributed by atoms with E-state index in [2.05, 4.69) is 10.4 Å². The highest BCUT2D eigenvalue weighted by molar-refractivity contribution is 5.84. The summed E-state index contributed by atoms with van der Waals surface area (Å²) in [5.74, 6) is -0.528. The molecule has 2 aliphatic heterocycles. The van der Waals surface area contributed by atoms with Gasteiger partial charge in [0.2, 0.25) is 0 Å². The molecule has 0 aliphatic carbocycles. The fourth-order valence-corrected chi connectivity index (χ4v) is 4.29. The summed E-state index contributed by atoms with van der Waals surface area (Å²) in [5, 5.41) is 16.5. The number of amides is 1. The summed E-state index contributed by atoms with van der Waals surface area (Å²) in [6.07, 6.45) is 2.61. The Kier molecular flexibility index (Phi) is 5.01. The zero-order valence-corrected chi connectivity index (χ0v) is 16.8. The lowest BCUT2D eigenvalue weighted by atomic mass is 10.0. The molecule has 7 nitrogen and oxygen atoms in total. The highest BCUT2D eigenvalue weighted by Crippen LogP contribution is 2.33. The van der Waals surface area contributed by atoms with Gasteiger partial charge in [-0.2, -0.15) is 0 Å². The lowest BCUT2D eigenvalue weighted by molar-refractivity contribution is -0.250. The minimum atomic E-state index is -1.44. The summed E-state index contributed by atoms with van der Waals surface area (Å²) in [5.41, 5.74) is 7.63. The van der Waals surface area contributed by atoms with Crippen LogP contribution in [0.4, 0.5) is 20.6 Å². The highest BCUT2D eigenvalue weighted by Gasteiger charge is 2.29. The van der Waals surface area contributed by atoms with Gasteiger partial charge in [0.15, 0.2) is 11.9 Å². The number of anilines is 2. The Morgan fingerprint density at radius 1 is 1.00 bits per heavy atom. The number of pyridine rings is 1. The van der Waals surface area contributed by atoms with Gasteiger partial charge < -0.3 is 15.3 Å². The quantitative estimate of drug-likeness (QED) is 0.702. The van der Waals surface area contributed by atoms with Crippen molar-refractivity contribution in [2.24, 2.45) is 0 Å². The number of nitrogens with zero attached hydrogens (tertiary/aromatic N) is 4. The molecule has 0 unspecified atom stereocenters. The summed E-state index contributed by atoms with van der Waals surface area (Å²) in [6.45, 7) is 1.69. The molecular formula is C23H21FN5O2-. The predicted molar refractivity (Wildman–Crippen MR) is 112 cm³/mol. The first-order chi connectivity index (χ1) is 15.1. The molecule has 0 bridgehead atoms. The van der Waals surface area contributed by atoms with Crippen molar-refractivity contribution in [2.45, 2.75) is 26.1 Å². The van der Waals surface area contributed by atoms with Crippen molar-refractivity contribution in [3.05, 3.63) is 89.0 Å². The Bertz CT molecular complexity index is 1120. The largest absolute Gasteiger partial charge is 0.529 e. The molecule has 2 aliphatic rings. The van der Waals surface area contributed by atoms with Crippen molar-refractivity contribution in [1.29, 1.82) is 0 Å². The molecule has 31 heavy (non-hydrogen) atoms. The molecular weight excluding hydrogens is 397 g/mol. The van der Waals surface area contributed by atoms with E-state index in [4.69, 9.17) is 0 Å². The van der Waals surface area contributed by atoms with Crippen LogP contribution in [-0.2, 0) is 26.1 Å². The number of aromatic nitrogens is 1. The van der Waals surface area contributed by atoms with E-state index >= 15 is 4.39 Å². The first kappa shape index (κ1) is 19.5. The van der Waals surface area contributed by atoms with Gasteiger partial charge in [-0.3, -0.25) is 9.99 Å². The fraction of sp³-hybridized carbons (Fsp3) is 0.217. The maximum Gasteiger partial charge on any atom is 0.157 e. The SMILES string of the molecule is O=C([O-])N(c1ccc2c(c1F)CN(Nc1ccncc1)C2)N1CCc2ccccc2C1. The maximum atomic E-state index is 15.5. The highest BCUT2D eigenvalue weighted by atomic mass is 19.1. The van der Waals surface area contributed by atoms with Crippen molar-refractivity contribution in [2.75, 3.05) is 17.0 Å². The molecule has 5 rings (SSSR count). The van der Waals surface area contributed by atoms with Crippen LogP contribution in [0.1, 0.15) is 22.3 Å². The van der Waals surface area contributed by atoms with E-state index in [1.165, 1.54) is 11.6 Å². The van der Waals surface area contributed by atoms with Crippen LogP contribution in [0.3, 0.4) is 0 Å². The van der Waals surface area contributed by atoms with Gasteiger partial charge in [-0.25, -0.2) is 14.4 Å². The van der Waals surface area contributed by atoms with Crippen LogP contribution in [0.25, 0.3) is 0 Å². The van der Waals surface area contributed by atoms with Crippen LogP contribution in [0.2, 0.25) is 0 Å². The first-order valence-electron chi connectivity index (χ1n) is 10.1. The van der Waals surface area contributed by atoms with E-state index < -0.39 is 11.9 Å². The van der Waals surface area contributed by atoms with Gasteiger partial charge in [-0.1, -0.05) is 30.3 Å². The molecule has 0 saturated carbocycles. The normalized spacial score (nSPS) is 15.9. The first-order valence-corrected chi connectivity index (χ1v) is 10.1. The Balaban J connectivity index is 1.40. The summed E-state index contributed by atoms with van der Waals surface area (Å²) < 4.78 is 15.5. The molecule has 158 valence electrons. The Labute approximate surface area is 179 Å². The van der Waals surface area contributed by atoms with E-state index in [1.807, 2.05) is 41.4 Å². The summed E-state index contributed by atoms with van der Waals surface area (Å²) >= 11 is 0. The van der Waals surface area contributed by atoms with Crippen molar-refractivity contribution in [1.82, 2.24) is 15.0 Å². The number of hydrogen-bond donors (Lipinski definition) is 1. The molecule has 0 radical (unpaired) electrons. The Hall–Kier alpha value is -3.49. The van der Waals surface area contributed by atoms with E-state index in [9.17, 15) is 9.90 Å². The summed E-state index contributed by atoms with van der Waals surface area (Å²) in [4.78, 5) is 16.0. The van der Waals surface area contributed by atoms with E-state index in [1.54, 1.807) is 23.5 Å². The standard InChI is InChI=1S/C23H22FN5O2/c24-22-20-15-27(26-19-7-10-25-11-8-19)13-18(20)5-6-21(22)29(23(30)31)28-12-9-16-3-1-2-4-17(16)14-28/h1-8,10-11H,9,12-15H2,(H,25,26)(H,30,31)/p-1. The number of hydrazine groups is 2. The second kappa shape index (κ2) is 7.98. The molecule has 1 amide bonds. The second-order valence-electron chi connectivity index (χ2n) is 7.72. The molecule has 3 heterocycles. The van der Waals surface area contributed by atoms with Crippen molar-refractivity contribution < 1.29 is 14.3 Å². The van der Waals surface area contributed by atoms with Gasteiger partial charge in [0.25, 0.3) is 0 Å². The van der Waals surface area contributed by atoms with Crippen molar-refractivity contribution in [3.8, 4) is 0 Å². The topological polar surface area (TPSA) is 74.8 Å². The number of nitrogens with one attached hydrogen (secondary N) is 1. The lowest BCUT2D eigenvalue weighted by Gasteiger charge is -2.39. The zero-order chi connectivity index (χ0) is 21.4. The van der Waals surface area contributed by atoms with Crippen LogP contribution >= 0.6 is 0 Å². The van der Waals surface area contributed by atoms with Gasteiger partial charge in [0, 0.05) is 44.1 Å². The summed E-state index contributed by atoms with van der Waals surface area (Å²) in [6, 6.07) is 14.9. The predicted octanol–water partition coefficient (Wildman–Crippen LogP) is 2.69. The number of carbonyl (C=O) groups is 1. The number of fused-ring (bicyclic) bond motifs is 2. The minimum absolute atomic E-state index is 0.00360. The van der Waals surface area contributed by atoms with Crippen molar-refractivity contribution in [3.63, 3.8) is 0 Å². The lowest BCUT2D eigenvalue weighted by Crippen LogP contribution is -2.54. The third kappa shape index (κ3) is 3.71. The molecule has 0 saturated heterocycles. The smallest absolute Gasteiger partial charge is 0.157 e. The number of benzene rings is 2. The van der Waals surface area contributed by atoms with E-state index in [0.717, 1.165) is 21.8 Å². The van der Waals surface area contributed by atoms with Crippen LogP contribution in [-0.4, -0.2) is 27.6 Å². The van der Waals surface area contributed by atoms with Crippen LogP contribution in [0.15, 0.2) is 60.9 Å². The van der Waals surface area contributed by atoms with Gasteiger partial charge >= 0.3 is 0 Å². The molecule has 2 aromatic carbocycles. The number of carbonyl (C=O) groups excluding carboxylic acids is 1. The monoisotopic (exact) mass is 418 g/mol. The van der Waals surface area contributed by atoms with Crippen LogP contribution in [0.5, 0.6) is 0 Å². The molecule has 1 N–H and O–H groups in total. The molecule has 1 aromatic heterocycles. The van der Waals surface area contributed by atoms with E-state index in [-0.39, 0.29) is 5.69 Å². The second-order valence-corrected chi connectivity index (χ2v) is 7.72. The average Bonchev–Trinajstić information content (AvgIpc) is 3.19. The maximum absolute atomic E-state index is 15.5. The van der Waals surface area contributed by atoms with Crippen LogP contribution < -0.4 is 15.5 Å². The third-order valence-electron chi connectivity index (χ3n) is 5.79. The molecule has 3 aromatic rings.